The van der Waals surface area contributed by atoms with Crippen molar-refractivity contribution in [3.63, 3.8) is 0 Å². The summed E-state index contributed by atoms with van der Waals surface area (Å²) in [5.74, 6) is -0.461. The maximum atomic E-state index is 12.4. The van der Waals surface area contributed by atoms with E-state index < -0.39 is 21.6 Å². The number of allylic oxidation sites excluding steroid dienone is 1. The summed E-state index contributed by atoms with van der Waals surface area (Å²) >= 11 is 0. The standard InChI is InChI=1S/C19H18O6S/c1-24-16-7-4-13(5-8-16)6-9-18(20)14-10-15(19(21)25-2)12-17(11-14)26(3,22)23/h4-12H,1-3H3/b9-6+. The highest BCUT2D eigenvalue weighted by Crippen LogP contribution is 2.18. The summed E-state index contributed by atoms with van der Waals surface area (Å²) in [6.45, 7) is 0. The van der Waals surface area contributed by atoms with Gasteiger partial charge in [-0.3, -0.25) is 4.79 Å². The highest BCUT2D eigenvalue weighted by atomic mass is 32.2. The van der Waals surface area contributed by atoms with Crippen LogP contribution in [0.15, 0.2) is 53.4 Å². The molecule has 0 aliphatic carbocycles. The lowest BCUT2D eigenvalue weighted by molar-refractivity contribution is 0.0600. The van der Waals surface area contributed by atoms with Gasteiger partial charge in [-0.05, 0) is 42.0 Å². The first-order valence-electron chi connectivity index (χ1n) is 7.54. The molecular weight excluding hydrogens is 356 g/mol. The lowest BCUT2D eigenvalue weighted by atomic mass is 10.1. The summed E-state index contributed by atoms with van der Waals surface area (Å²) in [5, 5.41) is 0. The highest BCUT2D eigenvalue weighted by molar-refractivity contribution is 7.90. The molecule has 0 radical (unpaired) electrons. The molecule has 2 rings (SSSR count). The van der Waals surface area contributed by atoms with Crippen LogP contribution >= 0.6 is 0 Å². The number of ether oxygens (including phenoxy) is 2. The first-order valence-corrected chi connectivity index (χ1v) is 9.43. The molecular formula is C19H18O6S. The van der Waals surface area contributed by atoms with E-state index >= 15 is 0 Å². The summed E-state index contributed by atoms with van der Waals surface area (Å²) in [6.07, 6.45) is 3.90. The predicted octanol–water partition coefficient (Wildman–Crippen LogP) is 2.78. The van der Waals surface area contributed by atoms with Gasteiger partial charge in [-0.15, -0.1) is 0 Å². The Hall–Kier alpha value is -2.93. The van der Waals surface area contributed by atoms with Gasteiger partial charge in [0.05, 0.1) is 24.7 Å². The average molecular weight is 374 g/mol. The van der Waals surface area contributed by atoms with Gasteiger partial charge in [0.2, 0.25) is 0 Å². The Bertz CT molecular complexity index is 956. The average Bonchev–Trinajstić information content (AvgIpc) is 2.64. The summed E-state index contributed by atoms with van der Waals surface area (Å²) < 4.78 is 33.3. The minimum absolute atomic E-state index is 0.00313. The molecule has 0 aromatic heterocycles. The Morgan fingerprint density at radius 1 is 0.962 bits per heavy atom. The third-order valence-corrected chi connectivity index (χ3v) is 4.68. The van der Waals surface area contributed by atoms with Gasteiger partial charge in [0.1, 0.15) is 5.75 Å². The van der Waals surface area contributed by atoms with Crippen LogP contribution in [0.2, 0.25) is 0 Å². The molecule has 26 heavy (non-hydrogen) atoms. The minimum Gasteiger partial charge on any atom is -0.497 e. The molecule has 136 valence electrons. The molecule has 0 heterocycles. The van der Waals surface area contributed by atoms with Crippen molar-refractivity contribution in [1.82, 2.24) is 0 Å². The fraction of sp³-hybridized carbons (Fsp3) is 0.158. The maximum Gasteiger partial charge on any atom is 0.337 e. The molecule has 0 fully saturated rings. The fourth-order valence-corrected chi connectivity index (χ4v) is 2.86. The topological polar surface area (TPSA) is 86.7 Å². The van der Waals surface area contributed by atoms with Gasteiger partial charge in [0.25, 0.3) is 0 Å². The zero-order chi connectivity index (χ0) is 19.3. The van der Waals surface area contributed by atoms with Crippen LogP contribution in [0.3, 0.4) is 0 Å². The van der Waals surface area contributed by atoms with Crippen molar-refractivity contribution in [2.75, 3.05) is 20.5 Å². The van der Waals surface area contributed by atoms with Crippen molar-refractivity contribution in [3.05, 3.63) is 65.2 Å². The Labute approximate surface area is 152 Å². The lowest BCUT2D eigenvalue weighted by Gasteiger charge is -2.06. The lowest BCUT2D eigenvalue weighted by Crippen LogP contribution is -2.08. The normalized spacial score (nSPS) is 11.3. The van der Waals surface area contributed by atoms with Gasteiger partial charge in [0, 0.05) is 11.8 Å². The molecule has 0 N–H and O–H groups in total. The molecule has 0 atom stereocenters. The van der Waals surface area contributed by atoms with Crippen molar-refractivity contribution in [1.29, 1.82) is 0 Å². The van der Waals surface area contributed by atoms with Crippen molar-refractivity contribution >= 4 is 27.7 Å². The Kier molecular flexibility index (Phi) is 5.94. The van der Waals surface area contributed by atoms with Crippen LogP contribution in [0.5, 0.6) is 5.75 Å². The number of rotatable bonds is 6. The molecule has 0 saturated carbocycles. The number of benzene rings is 2. The number of carbonyl (C=O) groups excluding carboxylic acids is 2. The van der Waals surface area contributed by atoms with Crippen LogP contribution in [0.1, 0.15) is 26.3 Å². The van der Waals surface area contributed by atoms with E-state index in [1.165, 1.54) is 31.4 Å². The second-order valence-electron chi connectivity index (χ2n) is 5.48. The molecule has 0 unspecified atom stereocenters. The van der Waals surface area contributed by atoms with Crippen LogP contribution in [-0.2, 0) is 14.6 Å². The Balaban J connectivity index is 2.37. The van der Waals surface area contributed by atoms with Crippen LogP contribution in [0, 0.1) is 0 Å². The third-order valence-electron chi connectivity index (χ3n) is 3.58. The minimum atomic E-state index is -3.60. The van der Waals surface area contributed by atoms with E-state index in [0.717, 1.165) is 11.8 Å². The van der Waals surface area contributed by atoms with Gasteiger partial charge in [-0.1, -0.05) is 18.2 Å². The first kappa shape index (κ1) is 19.4. The molecule has 7 heteroatoms. The van der Waals surface area contributed by atoms with Crippen LogP contribution in [0.25, 0.3) is 6.08 Å². The van der Waals surface area contributed by atoms with Crippen molar-refractivity contribution < 1.29 is 27.5 Å². The molecule has 2 aromatic rings. The zero-order valence-electron chi connectivity index (χ0n) is 14.6. The molecule has 0 amide bonds. The number of esters is 1. The SMILES string of the molecule is COC(=O)c1cc(C(=O)/C=C/c2ccc(OC)cc2)cc(S(C)(=O)=O)c1. The number of sulfone groups is 1. The molecule has 0 aliphatic rings. The van der Waals surface area contributed by atoms with Crippen LogP contribution < -0.4 is 4.74 Å². The van der Waals surface area contributed by atoms with Crippen molar-refractivity contribution in [2.24, 2.45) is 0 Å². The summed E-state index contributed by atoms with van der Waals surface area (Å²) in [7, 11) is -0.857. The van der Waals surface area contributed by atoms with Gasteiger partial charge in [-0.25, -0.2) is 13.2 Å². The van der Waals surface area contributed by atoms with E-state index in [1.807, 2.05) is 0 Å². The van der Waals surface area contributed by atoms with E-state index in [-0.39, 0.29) is 16.0 Å². The highest BCUT2D eigenvalue weighted by Gasteiger charge is 2.16. The second-order valence-corrected chi connectivity index (χ2v) is 7.50. The summed E-state index contributed by atoms with van der Waals surface area (Å²) in [4.78, 5) is 24.1. The van der Waals surface area contributed by atoms with Crippen LogP contribution in [-0.4, -0.2) is 40.6 Å². The molecule has 0 spiro atoms. The van der Waals surface area contributed by atoms with E-state index in [1.54, 1.807) is 37.5 Å². The Morgan fingerprint density at radius 2 is 1.58 bits per heavy atom. The maximum absolute atomic E-state index is 12.4. The van der Waals surface area contributed by atoms with Crippen molar-refractivity contribution in [2.45, 2.75) is 4.90 Å². The van der Waals surface area contributed by atoms with Crippen molar-refractivity contribution in [3.8, 4) is 5.75 Å². The van der Waals surface area contributed by atoms with E-state index in [9.17, 15) is 18.0 Å². The largest absolute Gasteiger partial charge is 0.497 e. The Morgan fingerprint density at radius 3 is 2.12 bits per heavy atom. The quantitative estimate of drug-likeness (QED) is 0.439. The second kappa shape index (κ2) is 7.97. The van der Waals surface area contributed by atoms with Gasteiger partial charge >= 0.3 is 5.97 Å². The monoisotopic (exact) mass is 374 g/mol. The predicted molar refractivity (Wildman–Crippen MR) is 97.2 cm³/mol. The molecule has 0 aliphatic heterocycles. The molecule has 2 aromatic carbocycles. The van der Waals surface area contributed by atoms with E-state index in [0.29, 0.717) is 5.75 Å². The van der Waals surface area contributed by atoms with Gasteiger partial charge in [-0.2, -0.15) is 0 Å². The van der Waals surface area contributed by atoms with E-state index in [2.05, 4.69) is 4.74 Å². The third kappa shape index (κ3) is 4.80. The first-order chi connectivity index (χ1) is 12.2. The van der Waals surface area contributed by atoms with E-state index in [4.69, 9.17) is 4.74 Å². The number of carbonyl (C=O) groups is 2. The smallest absolute Gasteiger partial charge is 0.337 e. The van der Waals surface area contributed by atoms with Crippen LogP contribution in [0.4, 0.5) is 0 Å². The number of hydrogen-bond donors (Lipinski definition) is 0. The zero-order valence-corrected chi connectivity index (χ0v) is 15.4. The fourth-order valence-electron chi connectivity index (χ4n) is 2.17. The number of ketones is 1. The molecule has 0 saturated heterocycles. The summed E-state index contributed by atoms with van der Waals surface area (Å²) in [6, 6.07) is 10.8. The molecule has 6 nitrogen and oxygen atoms in total. The summed E-state index contributed by atoms with van der Waals surface area (Å²) in [5.41, 5.74) is 0.848. The number of hydrogen-bond acceptors (Lipinski definition) is 6. The van der Waals surface area contributed by atoms with Gasteiger partial charge in [0.15, 0.2) is 15.6 Å². The molecule has 0 bridgehead atoms. The van der Waals surface area contributed by atoms with Gasteiger partial charge < -0.3 is 9.47 Å². The number of methoxy groups -OCH3 is 2.